The van der Waals surface area contributed by atoms with Gasteiger partial charge in [0.1, 0.15) is 0 Å². The van der Waals surface area contributed by atoms with E-state index in [4.69, 9.17) is 21.1 Å². The number of hydrogen-bond donors (Lipinski definition) is 1. The zero-order valence-corrected chi connectivity index (χ0v) is 16.3. The molecule has 4 rings (SSSR count). The lowest BCUT2D eigenvalue weighted by atomic mass is 10.0. The van der Waals surface area contributed by atoms with Crippen molar-refractivity contribution in [2.75, 3.05) is 11.9 Å². The molecule has 146 valence electrons. The Morgan fingerprint density at radius 2 is 1.62 bits per heavy atom. The minimum absolute atomic E-state index is 0.291. The number of halogens is 1. The third-order valence-electron chi connectivity index (χ3n) is 4.49. The van der Waals surface area contributed by atoms with Crippen molar-refractivity contribution in [3.05, 3.63) is 101 Å². The van der Waals surface area contributed by atoms with E-state index in [1.807, 2.05) is 60.7 Å². The molecule has 0 fully saturated rings. The lowest BCUT2D eigenvalue weighted by Gasteiger charge is -2.31. The van der Waals surface area contributed by atoms with Crippen molar-refractivity contribution in [1.82, 2.24) is 0 Å². The maximum Gasteiger partial charge on any atom is 0.412 e. The van der Waals surface area contributed by atoms with Gasteiger partial charge in [0.2, 0.25) is 5.90 Å². The SMILES string of the molecule is O=C(Nc1ccccc1)OC1CN=C(c2ccc(Cl)cc2)OC1c1ccccc1. The van der Waals surface area contributed by atoms with Crippen molar-refractivity contribution >= 4 is 29.3 Å². The highest BCUT2D eigenvalue weighted by Crippen LogP contribution is 2.29. The summed E-state index contributed by atoms with van der Waals surface area (Å²) >= 11 is 5.98. The smallest absolute Gasteiger partial charge is 0.412 e. The molecular formula is C23H19ClN2O3. The fourth-order valence-corrected chi connectivity index (χ4v) is 3.21. The number of nitrogens with zero attached hydrogens (tertiary/aromatic N) is 1. The molecule has 0 bridgehead atoms. The molecule has 2 atom stereocenters. The minimum atomic E-state index is -0.558. The Morgan fingerprint density at radius 1 is 0.966 bits per heavy atom. The highest BCUT2D eigenvalue weighted by atomic mass is 35.5. The van der Waals surface area contributed by atoms with E-state index < -0.39 is 18.3 Å². The summed E-state index contributed by atoms with van der Waals surface area (Å²) in [5.41, 5.74) is 2.39. The molecule has 6 heteroatoms. The van der Waals surface area contributed by atoms with Crippen LogP contribution in [0.4, 0.5) is 10.5 Å². The van der Waals surface area contributed by atoms with E-state index in [2.05, 4.69) is 10.3 Å². The molecular weight excluding hydrogens is 388 g/mol. The molecule has 0 spiro atoms. The maximum absolute atomic E-state index is 12.4. The summed E-state index contributed by atoms with van der Waals surface area (Å²) in [6.07, 6.45) is -1.58. The Morgan fingerprint density at radius 3 is 2.31 bits per heavy atom. The zero-order chi connectivity index (χ0) is 20.1. The van der Waals surface area contributed by atoms with E-state index in [-0.39, 0.29) is 0 Å². The number of benzene rings is 3. The van der Waals surface area contributed by atoms with Crippen LogP contribution in [-0.2, 0) is 9.47 Å². The maximum atomic E-state index is 12.4. The molecule has 1 heterocycles. The molecule has 0 radical (unpaired) electrons. The number of hydrogen-bond acceptors (Lipinski definition) is 4. The quantitative estimate of drug-likeness (QED) is 0.624. The Bertz CT molecular complexity index is 992. The predicted octanol–water partition coefficient (Wildman–Crippen LogP) is 5.48. The minimum Gasteiger partial charge on any atom is -0.465 e. The summed E-state index contributed by atoms with van der Waals surface area (Å²) in [6.45, 7) is 0.291. The Labute approximate surface area is 174 Å². The predicted molar refractivity (Wildman–Crippen MR) is 113 cm³/mol. The molecule has 1 aliphatic heterocycles. The van der Waals surface area contributed by atoms with E-state index in [1.54, 1.807) is 24.3 Å². The van der Waals surface area contributed by atoms with Crippen LogP contribution in [0.3, 0.4) is 0 Å². The first-order chi connectivity index (χ1) is 14.2. The molecule has 1 aliphatic rings. The number of carbonyl (C=O) groups excluding carboxylic acids is 1. The van der Waals surface area contributed by atoms with Crippen LogP contribution in [-0.4, -0.2) is 24.6 Å². The summed E-state index contributed by atoms with van der Waals surface area (Å²) < 4.78 is 11.8. The molecule has 0 aliphatic carbocycles. The molecule has 5 nitrogen and oxygen atoms in total. The number of ether oxygens (including phenoxy) is 2. The third kappa shape index (κ3) is 4.76. The van der Waals surface area contributed by atoms with Crippen molar-refractivity contribution < 1.29 is 14.3 Å². The van der Waals surface area contributed by atoms with Crippen LogP contribution in [0.5, 0.6) is 0 Å². The highest BCUT2D eigenvalue weighted by Gasteiger charge is 2.33. The lowest BCUT2D eigenvalue weighted by molar-refractivity contribution is 0.00996. The van der Waals surface area contributed by atoms with Crippen LogP contribution in [0.15, 0.2) is 89.9 Å². The Hall–Kier alpha value is -3.31. The van der Waals surface area contributed by atoms with E-state index in [1.165, 1.54) is 0 Å². The molecule has 29 heavy (non-hydrogen) atoms. The van der Waals surface area contributed by atoms with Gasteiger partial charge in [-0.05, 0) is 42.0 Å². The molecule has 0 aromatic heterocycles. The number of para-hydroxylation sites is 1. The third-order valence-corrected chi connectivity index (χ3v) is 4.74. The van der Waals surface area contributed by atoms with Crippen LogP contribution in [0.2, 0.25) is 5.02 Å². The standard InChI is InChI=1S/C23H19ClN2O3/c24-18-13-11-17(12-14-18)22-25-15-20(21(29-22)16-7-3-1-4-8-16)28-23(27)26-19-9-5-2-6-10-19/h1-14,20-21H,15H2,(H,26,27). The molecule has 0 saturated carbocycles. The first-order valence-electron chi connectivity index (χ1n) is 9.24. The van der Waals surface area contributed by atoms with Crippen LogP contribution in [0.25, 0.3) is 0 Å². The number of aliphatic imine (C=N–C) groups is 1. The van der Waals surface area contributed by atoms with Gasteiger partial charge in [0, 0.05) is 16.3 Å². The second-order valence-corrected chi connectivity index (χ2v) is 6.97. The monoisotopic (exact) mass is 406 g/mol. The zero-order valence-electron chi connectivity index (χ0n) is 15.5. The van der Waals surface area contributed by atoms with Gasteiger partial charge in [-0.25, -0.2) is 9.79 Å². The Balaban J connectivity index is 1.54. The molecule has 0 saturated heterocycles. The van der Waals surface area contributed by atoms with Crippen LogP contribution in [0.1, 0.15) is 17.2 Å². The van der Waals surface area contributed by atoms with Gasteiger partial charge in [-0.1, -0.05) is 60.1 Å². The highest BCUT2D eigenvalue weighted by molar-refractivity contribution is 6.30. The van der Waals surface area contributed by atoms with Gasteiger partial charge in [-0.2, -0.15) is 0 Å². The number of nitrogens with one attached hydrogen (secondary N) is 1. The summed E-state index contributed by atoms with van der Waals surface area (Å²) in [5.74, 6) is 0.499. The van der Waals surface area contributed by atoms with Crippen LogP contribution < -0.4 is 5.32 Å². The van der Waals surface area contributed by atoms with Crippen molar-refractivity contribution in [2.24, 2.45) is 4.99 Å². The van der Waals surface area contributed by atoms with Crippen molar-refractivity contribution in [3.8, 4) is 0 Å². The number of rotatable bonds is 4. The normalized spacial score (nSPS) is 18.3. The van der Waals surface area contributed by atoms with E-state index in [0.717, 1.165) is 11.1 Å². The fourth-order valence-electron chi connectivity index (χ4n) is 3.08. The number of amides is 1. The average Bonchev–Trinajstić information content (AvgIpc) is 2.76. The van der Waals surface area contributed by atoms with Gasteiger partial charge < -0.3 is 9.47 Å². The van der Waals surface area contributed by atoms with E-state index in [9.17, 15) is 4.79 Å². The summed E-state index contributed by atoms with van der Waals surface area (Å²) in [6, 6.07) is 26.1. The van der Waals surface area contributed by atoms with Crippen LogP contribution in [0, 0.1) is 0 Å². The van der Waals surface area contributed by atoms with Gasteiger partial charge in [-0.3, -0.25) is 5.32 Å². The molecule has 3 aromatic carbocycles. The van der Waals surface area contributed by atoms with Gasteiger partial charge in [0.05, 0.1) is 6.54 Å². The molecule has 2 unspecified atom stereocenters. The first-order valence-corrected chi connectivity index (χ1v) is 9.61. The summed E-state index contributed by atoms with van der Waals surface area (Å²) in [7, 11) is 0. The second kappa shape index (κ2) is 8.80. The van der Waals surface area contributed by atoms with Gasteiger partial charge in [0.15, 0.2) is 12.2 Å². The number of carbonyl (C=O) groups is 1. The first kappa shape index (κ1) is 19.0. The molecule has 3 aromatic rings. The van der Waals surface area contributed by atoms with Gasteiger partial charge in [-0.15, -0.1) is 0 Å². The van der Waals surface area contributed by atoms with Crippen molar-refractivity contribution in [2.45, 2.75) is 12.2 Å². The van der Waals surface area contributed by atoms with E-state index in [0.29, 0.717) is 23.2 Å². The largest absolute Gasteiger partial charge is 0.465 e. The summed E-state index contributed by atoms with van der Waals surface area (Å²) in [5, 5.41) is 3.37. The lowest BCUT2D eigenvalue weighted by Crippen LogP contribution is -2.37. The van der Waals surface area contributed by atoms with Crippen molar-refractivity contribution in [1.29, 1.82) is 0 Å². The van der Waals surface area contributed by atoms with E-state index >= 15 is 0 Å². The number of anilines is 1. The van der Waals surface area contributed by atoms with Crippen molar-refractivity contribution in [3.63, 3.8) is 0 Å². The van der Waals surface area contributed by atoms with Crippen LogP contribution >= 0.6 is 11.6 Å². The molecule has 1 amide bonds. The van der Waals surface area contributed by atoms with Gasteiger partial charge >= 0.3 is 6.09 Å². The summed E-state index contributed by atoms with van der Waals surface area (Å²) in [4.78, 5) is 16.9. The Kier molecular flexibility index (Phi) is 5.77. The average molecular weight is 407 g/mol. The van der Waals surface area contributed by atoms with Gasteiger partial charge in [0.25, 0.3) is 0 Å². The second-order valence-electron chi connectivity index (χ2n) is 6.54. The molecule has 1 N–H and O–H groups in total. The fraction of sp³-hybridized carbons (Fsp3) is 0.130. The topological polar surface area (TPSA) is 59.9 Å².